The van der Waals surface area contributed by atoms with Crippen molar-refractivity contribution in [1.82, 2.24) is 24.8 Å². The van der Waals surface area contributed by atoms with Gasteiger partial charge in [-0.3, -0.25) is 9.69 Å². The molecule has 2 heterocycles. The number of benzene rings is 1. The lowest BCUT2D eigenvalue weighted by Gasteiger charge is -2.34. The van der Waals surface area contributed by atoms with Crippen LogP contribution in [0, 0.1) is 6.92 Å². The van der Waals surface area contributed by atoms with E-state index in [1.54, 1.807) is 32.7 Å². The molecule has 9 heteroatoms. The monoisotopic (exact) mass is 429 g/mol. The molecule has 0 atom stereocenters. The summed E-state index contributed by atoms with van der Waals surface area (Å²) >= 11 is 0. The number of carbonyl (C=O) groups is 2. The molecule has 3 rings (SSSR count). The summed E-state index contributed by atoms with van der Waals surface area (Å²) in [5, 5.41) is 4.07. The van der Waals surface area contributed by atoms with E-state index in [1.807, 2.05) is 31.2 Å². The Morgan fingerprint density at radius 2 is 1.77 bits per heavy atom. The summed E-state index contributed by atoms with van der Waals surface area (Å²) in [6.07, 6.45) is -0.500. The van der Waals surface area contributed by atoms with Crippen LogP contribution >= 0.6 is 0 Å². The molecule has 0 N–H and O–H groups in total. The summed E-state index contributed by atoms with van der Waals surface area (Å²) < 4.78 is 10.7. The molecule has 9 nitrogen and oxygen atoms in total. The molecule has 1 saturated heterocycles. The first-order chi connectivity index (χ1) is 14.6. The van der Waals surface area contributed by atoms with Gasteiger partial charge in [-0.15, -0.1) is 0 Å². The number of hydrogen-bond donors (Lipinski definition) is 0. The minimum absolute atomic E-state index is 0.00151. The maximum atomic E-state index is 12.5. The summed E-state index contributed by atoms with van der Waals surface area (Å²) in [4.78, 5) is 34.3. The number of aromatic nitrogens is 2. The molecule has 0 unspecified atom stereocenters. The molecule has 1 aliphatic rings. The van der Waals surface area contributed by atoms with Crippen LogP contribution in [0.3, 0.4) is 0 Å². The van der Waals surface area contributed by atoms with Crippen molar-refractivity contribution >= 4 is 12.0 Å². The number of likely N-dealkylation sites (N-methyl/N-ethyl adjacent to an activating group) is 1. The van der Waals surface area contributed by atoms with Crippen molar-refractivity contribution in [1.29, 1.82) is 0 Å². The Morgan fingerprint density at radius 3 is 2.39 bits per heavy atom. The average molecular weight is 430 g/mol. The Morgan fingerprint density at radius 1 is 1.13 bits per heavy atom. The van der Waals surface area contributed by atoms with Gasteiger partial charge in [-0.05, 0) is 27.7 Å². The molecule has 0 bridgehead atoms. The molecule has 168 valence electrons. The Balaban J connectivity index is 1.46. The van der Waals surface area contributed by atoms with Gasteiger partial charge in [0.05, 0.1) is 6.54 Å². The van der Waals surface area contributed by atoms with Crippen LogP contribution in [0.15, 0.2) is 28.8 Å². The smallest absolute Gasteiger partial charge is 0.410 e. The predicted molar refractivity (Wildman–Crippen MR) is 115 cm³/mol. The number of carbonyl (C=O) groups excluding carboxylic acids is 2. The number of rotatable bonds is 5. The summed E-state index contributed by atoms with van der Waals surface area (Å²) in [5.41, 5.74) is 1.51. The minimum Gasteiger partial charge on any atom is -0.444 e. The number of piperazine rings is 1. The van der Waals surface area contributed by atoms with Gasteiger partial charge in [0.2, 0.25) is 17.6 Å². The molecule has 1 fully saturated rings. The molecule has 2 aromatic rings. The quantitative estimate of drug-likeness (QED) is 0.721. The summed E-state index contributed by atoms with van der Waals surface area (Å²) in [6, 6.07) is 7.98. The van der Waals surface area contributed by atoms with Crippen LogP contribution in [0.1, 0.15) is 32.2 Å². The van der Waals surface area contributed by atoms with Gasteiger partial charge in [-0.1, -0.05) is 35.0 Å². The molecule has 0 aliphatic carbocycles. The van der Waals surface area contributed by atoms with E-state index < -0.39 is 11.7 Å². The van der Waals surface area contributed by atoms with E-state index in [-0.39, 0.29) is 12.5 Å². The Bertz CT molecular complexity index is 895. The summed E-state index contributed by atoms with van der Waals surface area (Å²) in [7, 11) is 1.57. The van der Waals surface area contributed by atoms with Crippen molar-refractivity contribution in [2.75, 3.05) is 39.8 Å². The molecule has 31 heavy (non-hydrogen) atoms. The average Bonchev–Trinajstić information content (AvgIpc) is 3.16. The number of nitrogens with zero attached hydrogens (tertiary/aromatic N) is 5. The van der Waals surface area contributed by atoms with Crippen LogP contribution in [0.2, 0.25) is 0 Å². The maximum Gasteiger partial charge on any atom is 0.410 e. The largest absolute Gasteiger partial charge is 0.444 e. The number of aryl methyl sites for hydroxylation is 1. The Kier molecular flexibility index (Phi) is 6.94. The molecular weight excluding hydrogens is 398 g/mol. The zero-order valence-corrected chi connectivity index (χ0v) is 18.9. The van der Waals surface area contributed by atoms with Crippen LogP contribution in [-0.2, 0) is 16.1 Å². The fourth-order valence-electron chi connectivity index (χ4n) is 3.19. The van der Waals surface area contributed by atoms with Crippen molar-refractivity contribution in [3.63, 3.8) is 0 Å². The molecule has 0 radical (unpaired) electrons. The SMILES string of the molecule is Cc1ccc(-c2noc(CN3CCN(C(=O)CN(C)C(=O)OC(C)(C)C)CC3)n2)cc1. The first-order valence-electron chi connectivity index (χ1n) is 10.4. The van der Waals surface area contributed by atoms with Gasteiger partial charge in [-0.2, -0.15) is 4.98 Å². The third-order valence-electron chi connectivity index (χ3n) is 4.94. The van der Waals surface area contributed by atoms with Crippen LogP contribution in [-0.4, -0.2) is 82.2 Å². The lowest BCUT2D eigenvalue weighted by atomic mass is 10.1. The van der Waals surface area contributed by atoms with Crippen molar-refractivity contribution in [2.24, 2.45) is 0 Å². The number of ether oxygens (including phenoxy) is 1. The van der Waals surface area contributed by atoms with E-state index >= 15 is 0 Å². The topological polar surface area (TPSA) is 92.0 Å². The lowest BCUT2D eigenvalue weighted by molar-refractivity contribution is -0.134. The molecule has 2 amide bonds. The maximum absolute atomic E-state index is 12.5. The van der Waals surface area contributed by atoms with Crippen molar-refractivity contribution in [3.05, 3.63) is 35.7 Å². The fraction of sp³-hybridized carbons (Fsp3) is 0.545. The second kappa shape index (κ2) is 9.47. The molecule has 1 aliphatic heterocycles. The van der Waals surface area contributed by atoms with E-state index in [1.165, 1.54) is 10.5 Å². The number of amides is 2. The van der Waals surface area contributed by atoms with Gasteiger partial charge in [0.25, 0.3) is 0 Å². The third kappa shape index (κ3) is 6.52. The zero-order chi connectivity index (χ0) is 22.6. The van der Waals surface area contributed by atoms with Crippen molar-refractivity contribution < 1.29 is 18.8 Å². The molecule has 0 spiro atoms. The van der Waals surface area contributed by atoms with Gasteiger partial charge in [0.1, 0.15) is 12.1 Å². The predicted octanol–water partition coefficient (Wildman–Crippen LogP) is 2.56. The van der Waals surface area contributed by atoms with Gasteiger partial charge >= 0.3 is 6.09 Å². The number of hydrogen-bond acceptors (Lipinski definition) is 7. The van der Waals surface area contributed by atoms with Crippen LogP contribution < -0.4 is 0 Å². The minimum atomic E-state index is -0.589. The summed E-state index contributed by atoms with van der Waals surface area (Å²) in [5.74, 6) is 1.04. The molecule has 1 aromatic carbocycles. The highest BCUT2D eigenvalue weighted by Crippen LogP contribution is 2.17. The highest BCUT2D eigenvalue weighted by molar-refractivity contribution is 5.82. The molecular formula is C22H31N5O4. The van der Waals surface area contributed by atoms with E-state index in [0.29, 0.717) is 44.4 Å². The highest BCUT2D eigenvalue weighted by atomic mass is 16.6. The molecule has 0 saturated carbocycles. The lowest BCUT2D eigenvalue weighted by Crippen LogP contribution is -2.51. The van der Waals surface area contributed by atoms with Gasteiger partial charge < -0.3 is 19.1 Å². The third-order valence-corrected chi connectivity index (χ3v) is 4.94. The summed E-state index contributed by atoms with van der Waals surface area (Å²) in [6.45, 7) is 10.5. The van der Waals surface area contributed by atoms with E-state index in [2.05, 4.69) is 15.0 Å². The Hall–Kier alpha value is -2.94. The molecule has 1 aromatic heterocycles. The normalized spacial score (nSPS) is 15.1. The van der Waals surface area contributed by atoms with Gasteiger partial charge in [0.15, 0.2) is 0 Å². The van der Waals surface area contributed by atoms with Crippen LogP contribution in [0.4, 0.5) is 4.79 Å². The fourth-order valence-corrected chi connectivity index (χ4v) is 3.19. The van der Waals surface area contributed by atoms with E-state index in [0.717, 1.165) is 5.56 Å². The van der Waals surface area contributed by atoms with Crippen molar-refractivity contribution in [3.8, 4) is 11.4 Å². The Labute approximate surface area is 182 Å². The zero-order valence-electron chi connectivity index (χ0n) is 18.9. The van der Waals surface area contributed by atoms with Crippen LogP contribution in [0.25, 0.3) is 11.4 Å². The van der Waals surface area contributed by atoms with Gasteiger partial charge in [0, 0.05) is 38.8 Å². The van der Waals surface area contributed by atoms with E-state index in [9.17, 15) is 9.59 Å². The van der Waals surface area contributed by atoms with E-state index in [4.69, 9.17) is 9.26 Å². The second-order valence-electron chi connectivity index (χ2n) is 8.87. The second-order valence-corrected chi connectivity index (χ2v) is 8.87. The van der Waals surface area contributed by atoms with Crippen LogP contribution in [0.5, 0.6) is 0 Å². The first kappa shape index (κ1) is 22.7. The standard InChI is InChI=1S/C22H31N5O4/c1-16-6-8-17(9-7-16)20-23-18(31-24-20)14-26-10-12-27(13-11-26)19(28)15-25(5)21(29)30-22(2,3)4/h6-9H,10-15H2,1-5H3. The van der Waals surface area contributed by atoms with Gasteiger partial charge in [-0.25, -0.2) is 4.79 Å². The first-order valence-corrected chi connectivity index (χ1v) is 10.4. The van der Waals surface area contributed by atoms with Crippen molar-refractivity contribution in [2.45, 2.75) is 39.8 Å². The highest BCUT2D eigenvalue weighted by Gasteiger charge is 2.26.